The van der Waals surface area contributed by atoms with E-state index in [4.69, 9.17) is 9.84 Å². The van der Waals surface area contributed by atoms with E-state index in [1.165, 1.54) is 6.07 Å². The molecule has 0 unspecified atom stereocenters. The number of benzene rings is 3. The van der Waals surface area contributed by atoms with Crippen molar-refractivity contribution in [3.05, 3.63) is 89.0 Å². The first-order chi connectivity index (χ1) is 15.8. The summed E-state index contributed by atoms with van der Waals surface area (Å²) in [5, 5.41) is 8.86. The van der Waals surface area contributed by atoms with Crippen molar-refractivity contribution in [1.82, 2.24) is 4.90 Å². The van der Waals surface area contributed by atoms with E-state index in [9.17, 15) is 18.0 Å². The van der Waals surface area contributed by atoms with Crippen LogP contribution in [0.5, 0.6) is 5.75 Å². The predicted octanol–water partition coefficient (Wildman–Crippen LogP) is 5.78. The highest BCUT2D eigenvalue weighted by Gasteiger charge is 2.34. The van der Waals surface area contributed by atoms with Crippen LogP contribution in [0.25, 0.3) is 11.1 Å². The zero-order valence-electron chi connectivity index (χ0n) is 17.9. The quantitative estimate of drug-likeness (QED) is 0.490. The fourth-order valence-corrected chi connectivity index (χ4v) is 4.07. The van der Waals surface area contributed by atoms with Crippen molar-refractivity contribution in [2.45, 2.75) is 32.2 Å². The second-order valence-electron chi connectivity index (χ2n) is 8.13. The van der Waals surface area contributed by atoms with Crippen molar-refractivity contribution < 1.29 is 27.8 Å². The van der Waals surface area contributed by atoms with Crippen molar-refractivity contribution in [2.24, 2.45) is 0 Å². The largest absolute Gasteiger partial charge is 0.489 e. The molecule has 0 amide bonds. The van der Waals surface area contributed by atoms with Gasteiger partial charge in [-0.3, -0.25) is 9.69 Å². The Morgan fingerprint density at radius 2 is 1.79 bits per heavy atom. The van der Waals surface area contributed by atoms with Crippen LogP contribution in [0.15, 0.2) is 66.7 Å². The molecule has 172 valence electrons. The van der Waals surface area contributed by atoms with Crippen LogP contribution in [-0.4, -0.2) is 29.1 Å². The van der Waals surface area contributed by atoms with Gasteiger partial charge in [0.05, 0.1) is 12.0 Å². The van der Waals surface area contributed by atoms with E-state index in [-0.39, 0.29) is 18.6 Å². The molecular formula is C26H24F3NO3. The minimum Gasteiger partial charge on any atom is -0.489 e. The van der Waals surface area contributed by atoms with Crippen molar-refractivity contribution in [1.29, 1.82) is 0 Å². The Kier molecular flexibility index (Phi) is 6.70. The number of carbonyl (C=O) groups is 1. The Balaban J connectivity index is 1.46. The number of ether oxygens (including phenoxy) is 1. The van der Waals surface area contributed by atoms with Gasteiger partial charge in [0.15, 0.2) is 0 Å². The summed E-state index contributed by atoms with van der Waals surface area (Å²) < 4.78 is 47.0. The Hall–Kier alpha value is -3.32. The molecule has 1 heterocycles. The minimum atomic E-state index is -4.47. The maximum absolute atomic E-state index is 13.7. The average Bonchev–Trinajstić information content (AvgIpc) is 2.81. The summed E-state index contributed by atoms with van der Waals surface area (Å²) in [4.78, 5) is 12.9. The van der Waals surface area contributed by atoms with E-state index < -0.39 is 17.7 Å². The highest BCUT2D eigenvalue weighted by molar-refractivity contribution is 5.68. The fourth-order valence-electron chi connectivity index (χ4n) is 4.07. The normalized spacial score (nSPS) is 14.0. The Labute approximate surface area is 190 Å². The molecule has 0 fully saturated rings. The first-order valence-electron chi connectivity index (χ1n) is 10.7. The van der Waals surface area contributed by atoms with Gasteiger partial charge in [-0.1, -0.05) is 48.5 Å². The molecule has 0 saturated carbocycles. The van der Waals surface area contributed by atoms with Crippen LogP contribution in [0.1, 0.15) is 28.7 Å². The molecule has 1 aliphatic heterocycles. The number of hydrogen-bond acceptors (Lipinski definition) is 3. The van der Waals surface area contributed by atoms with E-state index >= 15 is 0 Å². The molecule has 4 nitrogen and oxygen atoms in total. The molecule has 0 spiro atoms. The lowest BCUT2D eigenvalue weighted by atomic mass is 9.97. The Morgan fingerprint density at radius 3 is 2.52 bits per heavy atom. The highest BCUT2D eigenvalue weighted by atomic mass is 19.4. The zero-order valence-corrected chi connectivity index (χ0v) is 17.9. The number of fused-ring (bicyclic) bond motifs is 1. The third kappa shape index (κ3) is 5.73. The van der Waals surface area contributed by atoms with Gasteiger partial charge in [-0.05, 0) is 52.4 Å². The lowest BCUT2D eigenvalue weighted by Gasteiger charge is -2.28. The SMILES string of the molecule is O=C(O)CCN1CCc2cc(OCc3ccc(-c4ccccc4)c(C(F)(F)F)c3)ccc2C1. The van der Waals surface area contributed by atoms with Crippen molar-refractivity contribution in [3.8, 4) is 16.9 Å². The van der Waals surface area contributed by atoms with Crippen molar-refractivity contribution >= 4 is 5.97 Å². The fraction of sp³-hybridized carbons (Fsp3) is 0.269. The maximum atomic E-state index is 13.7. The van der Waals surface area contributed by atoms with Crippen LogP contribution in [0.2, 0.25) is 0 Å². The Bertz CT molecular complexity index is 1130. The number of nitrogens with zero attached hydrogens (tertiary/aromatic N) is 1. The summed E-state index contributed by atoms with van der Waals surface area (Å²) in [5.41, 5.74) is 2.67. The summed E-state index contributed by atoms with van der Waals surface area (Å²) in [5.74, 6) is -0.205. The van der Waals surface area contributed by atoms with Gasteiger partial charge in [0.2, 0.25) is 0 Å². The number of carboxylic acids is 1. The van der Waals surface area contributed by atoms with Gasteiger partial charge in [0.1, 0.15) is 12.4 Å². The van der Waals surface area contributed by atoms with E-state index in [0.717, 1.165) is 30.2 Å². The van der Waals surface area contributed by atoms with E-state index in [1.54, 1.807) is 36.4 Å². The van der Waals surface area contributed by atoms with Gasteiger partial charge < -0.3 is 9.84 Å². The second-order valence-corrected chi connectivity index (χ2v) is 8.13. The smallest absolute Gasteiger partial charge is 0.417 e. The summed E-state index contributed by atoms with van der Waals surface area (Å²) in [7, 11) is 0. The summed E-state index contributed by atoms with van der Waals surface area (Å²) in [6.07, 6.45) is -3.59. The molecule has 1 aliphatic rings. The molecule has 0 radical (unpaired) electrons. The summed E-state index contributed by atoms with van der Waals surface area (Å²) in [6.45, 7) is 1.98. The molecule has 7 heteroatoms. The number of carboxylic acid groups (broad SMARTS) is 1. The van der Waals surface area contributed by atoms with Gasteiger partial charge in [-0.2, -0.15) is 13.2 Å². The highest BCUT2D eigenvalue weighted by Crippen LogP contribution is 2.38. The van der Waals surface area contributed by atoms with Crippen LogP contribution in [-0.2, 0) is 30.5 Å². The molecule has 0 atom stereocenters. The number of hydrogen-bond donors (Lipinski definition) is 1. The van der Waals surface area contributed by atoms with Crippen LogP contribution in [0.4, 0.5) is 13.2 Å². The van der Waals surface area contributed by atoms with E-state index in [0.29, 0.717) is 30.0 Å². The molecule has 0 bridgehead atoms. The molecule has 0 aliphatic carbocycles. The molecule has 0 saturated heterocycles. The van der Waals surface area contributed by atoms with Crippen LogP contribution in [0.3, 0.4) is 0 Å². The lowest BCUT2D eigenvalue weighted by Crippen LogP contribution is -2.32. The van der Waals surface area contributed by atoms with Crippen molar-refractivity contribution in [2.75, 3.05) is 13.1 Å². The molecule has 4 rings (SSSR count). The van der Waals surface area contributed by atoms with Gasteiger partial charge in [0.25, 0.3) is 0 Å². The lowest BCUT2D eigenvalue weighted by molar-refractivity contribution is -0.138. The third-order valence-electron chi connectivity index (χ3n) is 5.79. The molecule has 1 N–H and O–H groups in total. The van der Waals surface area contributed by atoms with Gasteiger partial charge in [-0.25, -0.2) is 0 Å². The Morgan fingerprint density at radius 1 is 1.00 bits per heavy atom. The van der Waals surface area contributed by atoms with Gasteiger partial charge >= 0.3 is 12.1 Å². The maximum Gasteiger partial charge on any atom is 0.417 e. The first kappa shape index (κ1) is 22.9. The summed E-state index contributed by atoms with van der Waals surface area (Å²) >= 11 is 0. The van der Waals surface area contributed by atoms with Gasteiger partial charge in [-0.15, -0.1) is 0 Å². The number of halogens is 3. The van der Waals surface area contributed by atoms with Crippen molar-refractivity contribution in [3.63, 3.8) is 0 Å². The minimum absolute atomic E-state index is 0.0294. The second kappa shape index (κ2) is 9.67. The predicted molar refractivity (Wildman–Crippen MR) is 119 cm³/mol. The first-order valence-corrected chi connectivity index (χ1v) is 10.7. The van der Waals surface area contributed by atoms with Crippen LogP contribution < -0.4 is 4.74 Å². The zero-order chi connectivity index (χ0) is 23.4. The van der Waals surface area contributed by atoms with E-state index in [1.807, 2.05) is 18.2 Å². The molecule has 3 aromatic carbocycles. The molecule has 33 heavy (non-hydrogen) atoms. The molecule has 3 aromatic rings. The van der Waals surface area contributed by atoms with E-state index in [2.05, 4.69) is 4.90 Å². The monoisotopic (exact) mass is 455 g/mol. The standard InChI is InChI=1S/C26H24F3NO3/c27-26(28,29)24-14-18(6-9-23(24)19-4-2-1-3-5-19)17-33-22-8-7-21-16-30(13-11-25(31)32)12-10-20(21)15-22/h1-9,14-15H,10-13,16-17H2,(H,31,32). The number of rotatable bonds is 7. The topological polar surface area (TPSA) is 49.8 Å². The van der Waals surface area contributed by atoms with Gasteiger partial charge in [0, 0.05) is 19.6 Å². The molecule has 0 aromatic heterocycles. The number of aliphatic carboxylic acids is 1. The molecular weight excluding hydrogens is 431 g/mol. The summed E-state index contributed by atoms with van der Waals surface area (Å²) in [6, 6.07) is 18.5. The van der Waals surface area contributed by atoms with Crippen LogP contribution in [0, 0.1) is 0 Å². The van der Waals surface area contributed by atoms with Crippen LogP contribution >= 0.6 is 0 Å². The third-order valence-corrected chi connectivity index (χ3v) is 5.79. The number of alkyl halides is 3. The average molecular weight is 455 g/mol.